The number of rotatable bonds is 7. The van der Waals surface area contributed by atoms with E-state index in [4.69, 9.17) is 4.74 Å². The van der Waals surface area contributed by atoms with Gasteiger partial charge in [0.1, 0.15) is 5.82 Å². The van der Waals surface area contributed by atoms with Gasteiger partial charge in [-0.2, -0.15) is 0 Å². The summed E-state index contributed by atoms with van der Waals surface area (Å²) in [4.78, 5) is 11.6. The Balaban J connectivity index is 1.72. The second-order valence-electron chi connectivity index (χ2n) is 6.92. The Kier molecular flexibility index (Phi) is 6.77. The van der Waals surface area contributed by atoms with Crippen molar-refractivity contribution >= 4 is 0 Å². The van der Waals surface area contributed by atoms with Gasteiger partial charge < -0.3 is 9.64 Å². The molecule has 124 valence electrons. The van der Waals surface area contributed by atoms with E-state index in [1.807, 2.05) is 12.4 Å². The lowest BCUT2D eigenvalue weighted by Crippen LogP contribution is -2.34. The highest BCUT2D eigenvalue weighted by molar-refractivity contribution is 5.13. The first-order valence-corrected chi connectivity index (χ1v) is 8.72. The molecule has 0 amide bonds. The fourth-order valence-electron chi connectivity index (χ4n) is 2.95. The Morgan fingerprint density at radius 1 is 1.14 bits per heavy atom. The average Bonchev–Trinajstić information content (AvgIpc) is 2.52. The van der Waals surface area contributed by atoms with Crippen LogP contribution < -0.4 is 0 Å². The summed E-state index contributed by atoms with van der Waals surface area (Å²) in [6, 6.07) is 0. The van der Waals surface area contributed by atoms with Crippen LogP contribution in [0.4, 0.5) is 0 Å². The summed E-state index contributed by atoms with van der Waals surface area (Å²) < 4.78 is 5.61. The van der Waals surface area contributed by atoms with Crippen LogP contribution >= 0.6 is 0 Å². The summed E-state index contributed by atoms with van der Waals surface area (Å²) in [6.07, 6.45) is 8.00. The summed E-state index contributed by atoms with van der Waals surface area (Å²) in [6.45, 7) is 12.9. The highest BCUT2D eigenvalue weighted by Crippen LogP contribution is 2.27. The molecule has 0 unspecified atom stereocenters. The van der Waals surface area contributed by atoms with Crippen molar-refractivity contribution in [2.24, 2.45) is 0 Å². The zero-order chi connectivity index (χ0) is 15.9. The van der Waals surface area contributed by atoms with E-state index in [1.165, 1.54) is 31.5 Å². The van der Waals surface area contributed by atoms with Crippen molar-refractivity contribution in [1.82, 2.24) is 14.9 Å². The normalized spacial score (nSPS) is 17.5. The van der Waals surface area contributed by atoms with Crippen LogP contribution in [0, 0.1) is 0 Å². The molecular weight excluding hydrogens is 274 g/mol. The van der Waals surface area contributed by atoms with Gasteiger partial charge in [0.25, 0.3) is 0 Å². The van der Waals surface area contributed by atoms with Crippen LogP contribution in [0.15, 0.2) is 12.4 Å². The molecule has 0 N–H and O–H groups in total. The van der Waals surface area contributed by atoms with Crippen molar-refractivity contribution in [2.45, 2.75) is 64.9 Å². The molecule has 2 rings (SSSR count). The molecule has 22 heavy (non-hydrogen) atoms. The van der Waals surface area contributed by atoms with E-state index >= 15 is 0 Å². The smallest absolute Gasteiger partial charge is 0.130 e. The van der Waals surface area contributed by atoms with Crippen LogP contribution in [0.5, 0.6) is 0 Å². The van der Waals surface area contributed by atoms with Gasteiger partial charge in [-0.15, -0.1) is 0 Å². The molecule has 1 saturated heterocycles. The van der Waals surface area contributed by atoms with Crippen molar-refractivity contribution in [2.75, 3.05) is 26.2 Å². The molecule has 0 aliphatic carbocycles. The van der Waals surface area contributed by atoms with E-state index in [0.717, 1.165) is 25.4 Å². The summed E-state index contributed by atoms with van der Waals surface area (Å²) >= 11 is 0. The minimum atomic E-state index is 0.347. The molecule has 0 saturated carbocycles. The quantitative estimate of drug-likeness (QED) is 0.722. The van der Waals surface area contributed by atoms with E-state index in [9.17, 15) is 0 Å². The van der Waals surface area contributed by atoms with E-state index < -0.39 is 0 Å². The highest BCUT2D eigenvalue weighted by atomic mass is 16.5. The van der Waals surface area contributed by atoms with E-state index in [0.29, 0.717) is 17.9 Å². The number of aromatic nitrogens is 2. The number of likely N-dealkylation sites (tertiary alicyclic amines) is 1. The van der Waals surface area contributed by atoms with Gasteiger partial charge in [-0.25, -0.2) is 9.97 Å². The summed E-state index contributed by atoms with van der Waals surface area (Å²) in [5, 5.41) is 0. The Bertz CT molecular complexity index is 422. The molecule has 4 heteroatoms. The number of piperidine rings is 1. The topological polar surface area (TPSA) is 38.2 Å². The predicted octanol–water partition coefficient (Wildman–Crippen LogP) is 3.59. The van der Waals surface area contributed by atoms with Crippen molar-refractivity contribution < 1.29 is 4.74 Å². The molecule has 1 fully saturated rings. The Morgan fingerprint density at radius 3 is 2.32 bits per heavy atom. The third-order valence-corrected chi connectivity index (χ3v) is 4.34. The van der Waals surface area contributed by atoms with Gasteiger partial charge in [-0.05, 0) is 57.7 Å². The number of hydrogen-bond donors (Lipinski definition) is 0. The minimum Gasteiger partial charge on any atom is -0.379 e. The molecule has 1 aliphatic rings. The van der Waals surface area contributed by atoms with Crippen LogP contribution in [0.25, 0.3) is 0 Å². The molecule has 4 nitrogen and oxygen atoms in total. The lowest BCUT2D eigenvalue weighted by Gasteiger charge is -2.32. The molecule has 1 aromatic rings. The molecule has 1 aliphatic heterocycles. The monoisotopic (exact) mass is 305 g/mol. The standard InChI is InChI=1S/C18H31N3O/c1-14(2)18-19-12-17(13-20-18)16-6-9-21(10-7-16)8-5-11-22-15(3)4/h12-16H,5-11H2,1-4H3. The van der Waals surface area contributed by atoms with Gasteiger partial charge in [0, 0.05) is 31.5 Å². The predicted molar refractivity (Wildman–Crippen MR) is 90.2 cm³/mol. The molecule has 1 aromatic heterocycles. The Morgan fingerprint density at radius 2 is 1.77 bits per heavy atom. The average molecular weight is 305 g/mol. The van der Waals surface area contributed by atoms with Crippen molar-refractivity contribution in [1.29, 1.82) is 0 Å². The molecule has 0 atom stereocenters. The third kappa shape index (κ3) is 5.33. The molecule has 0 aromatic carbocycles. The molecular formula is C18H31N3O. The number of nitrogens with zero attached hydrogens (tertiary/aromatic N) is 3. The van der Waals surface area contributed by atoms with Gasteiger partial charge in [-0.1, -0.05) is 13.8 Å². The third-order valence-electron chi connectivity index (χ3n) is 4.34. The lowest BCUT2D eigenvalue weighted by atomic mass is 9.91. The maximum absolute atomic E-state index is 5.61. The summed E-state index contributed by atoms with van der Waals surface area (Å²) in [5.74, 6) is 1.99. The van der Waals surface area contributed by atoms with Gasteiger partial charge in [0.15, 0.2) is 0 Å². The second-order valence-corrected chi connectivity index (χ2v) is 6.92. The van der Waals surface area contributed by atoms with Crippen LogP contribution in [0.2, 0.25) is 0 Å². The number of hydrogen-bond acceptors (Lipinski definition) is 4. The van der Waals surface area contributed by atoms with Crippen LogP contribution in [-0.4, -0.2) is 47.2 Å². The number of ether oxygens (including phenoxy) is 1. The van der Waals surface area contributed by atoms with E-state index in [1.54, 1.807) is 0 Å². The fraction of sp³-hybridized carbons (Fsp3) is 0.778. The molecule has 0 spiro atoms. The lowest BCUT2D eigenvalue weighted by molar-refractivity contribution is 0.0684. The Hall–Kier alpha value is -1.00. The van der Waals surface area contributed by atoms with Crippen LogP contribution in [-0.2, 0) is 4.74 Å². The minimum absolute atomic E-state index is 0.347. The van der Waals surface area contributed by atoms with Gasteiger partial charge in [-0.3, -0.25) is 0 Å². The molecule has 0 bridgehead atoms. The fourth-order valence-corrected chi connectivity index (χ4v) is 2.95. The van der Waals surface area contributed by atoms with E-state index in [2.05, 4.69) is 42.6 Å². The largest absolute Gasteiger partial charge is 0.379 e. The summed E-state index contributed by atoms with van der Waals surface area (Å²) in [5.41, 5.74) is 1.31. The molecule has 0 radical (unpaired) electrons. The first kappa shape index (κ1) is 17.4. The summed E-state index contributed by atoms with van der Waals surface area (Å²) in [7, 11) is 0. The van der Waals surface area contributed by atoms with Crippen molar-refractivity contribution in [3.05, 3.63) is 23.8 Å². The van der Waals surface area contributed by atoms with Crippen LogP contribution in [0.1, 0.15) is 70.2 Å². The van der Waals surface area contributed by atoms with Crippen LogP contribution in [0.3, 0.4) is 0 Å². The first-order chi connectivity index (χ1) is 10.6. The van der Waals surface area contributed by atoms with Crippen molar-refractivity contribution in [3.8, 4) is 0 Å². The zero-order valence-electron chi connectivity index (χ0n) is 14.6. The highest BCUT2D eigenvalue weighted by Gasteiger charge is 2.21. The Labute approximate surface area is 135 Å². The maximum atomic E-state index is 5.61. The van der Waals surface area contributed by atoms with Gasteiger partial charge in [0.05, 0.1) is 6.10 Å². The first-order valence-electron chi connectivity index (χ1n) is 8.72. The van der Waals surface area contributed by atoms with E-state index in [-0.39, 0.29) is 0 Å². The van der Waals surface area contributed by atoms with Crippen molar-refractivity contribution in [3.63, 3.8) is 0 Å². The van der Waals surface area contributed by atoms with Gasteiger partial charge in [0.2, 0.25) is 0 Å². The second kappa shape index (κ2) is 8.59. The SMILES string of the molecule is CC(C)OCCCN1CCC(c2cnc(C(C)C)nc2)CC1. The maximum Gasteiger partial charge on any atom is 0.130 e. The van der Waals surface area contributed by atoms with Gasteiger partial charge >= 0.3 is 0 Å². The molecule has 2 heterocycles. The zero-order valence-corrected chi connectivity index (χ0v) is 14.6.